The molecule has 0 spiro atoms. The highest BCUT2D eigenvalue weighted by atomic mass is 32.2. The number of ketones is 2. The van der Waals surface area contributed by atoms with Gasteiger partial charge in [-0.1, -0.05) is 6.92 Å². The van der Waals surface area contributed by atoms with Gasteiger partial charge in [0.2, 0.25) is 0 Å². The number of Topliss-reactive ketones (excluding diaryl/α,β-unsaturated/α-hetero) is 2. The Kier molecular flexibility index (Phi) is 5.67. The van der Waals surface area contributed by atoms with Gasteiger partial charge in [-0.3, -0.25) is 9.59 Å². The monoisotopic (exact) mass is 418 g/mol. The Balaban J connectivity index is 2.29. The number of hydrazone groups is 1. The summed E-state index contributed by atoms with van der Waals surface area (Å²) in [5, 5.41) is 15.2. The van der Waals surface area contributed by atoms with E-state index >= 15 is 0 Å². The first-order valence-electron chi connectivity index (χ1n) is 9.75. The van der Waals surface area contributed by atoms with Gasteiger partial charge in [-0.25, -0.2) is 8.42 Å². The molecule has 0 radical (unpaired) electrons. The number of carbonyl (C=O) groups excluding carboxylic acids is 2. The normalized spacial score (nSPS) is 22.6. The number of aliphatic hydroxyl groups excluding tert-OH is 1. The van der Waals surface area contributed by atoms with Gasteiger partial charge in [0.25, 0.3) is 0 Å². The summed E-state index contributed by atoms with van der Waals surface area (Å²) in [6.07, 6.45) is 0.657. The van der Waals surface area contributed by atoms with Crippen molar-refractivity contribution in [3.05, 3.63) is 33.9 Å². The molecule has 156 valence electrons. The summed E-state index contributed by atoms with van der Waals surface area (Å²) >= 11 is 0. The summed E-state index contributed by atoms with van der Waals surface area (Å²) in [5.74, 6) is -1.22. The summed E-state index contributed by atoms with van der Waals surface area (Å²) in [4.78, 5) is 25.1. The maximum absolute atomic E-state index is 12.7. The molecule has 7 nitrogen and oxygen atoms in total. The number of nitrogens with one attached hydrogen (secondary N) is 1. The molecule has 0 atom stereocenters. The molecule has 1 aromatic rings. The molecule has 1 saturated carbocycles. The van der Waals surface area contributed by atoms with Crippen LogP contribution in [-0.2, 0) is 19.4 Å². The van der Waals surface area contributed by atoms with Crippen molar-refractivity contribution < 1.29 is 23.1 Å². The number of sulfone groups is 1. The first kappa shape index (κ1) is 21.2. The highest BCUT2D eigenvalue weighted by Gasteiger charge is 2.35. The minimum Gasteiger partial charge on any atom is -0.506 e. The van der Waals surface area contributed by atoms with Gasteiger partial charge in [0.05, 0.1) is 16.4 Å². The van der Waals surface area contributed by atoms with E-state index in [1.165, 1.54) is 0 Å². The number of benzene rings is 1. The molecule has 2 aliphatic rings. The van der Waals surface area contributed by atoms with Crippen molar-refractivity contribution in [3.63, 3.8) is 0 Å². The number of nitrogens with zero attached hydrogens (tertiary/aromatic N) is 1. The van der Waals surface area contributed by atoms with Crippen LogP contribution in [0.25, 0.3) is 5.76 Å². The van der Waals surface area contributed by atoms with E-state index in [-0.39, 0.29) is 58.7 Å². The van der Waals surface area contributed by atoms with Gasteiger partial charge >= 0.3 is 0 Å². The van der Waals surface area contributed by atoms with Gasteiger partial charge in [-0.2, -0.15) is 5.10 Å². The number of hydrogen-bond donors (Lipinski definition) is 2. The van der Waals surface area contributed by atoms with Crippen LogP contribution in [0.4, 0.5) is 0 Å². The Labute approximate surface area is 170 Å². The SMILES string of the molecule is CCNN=C1CCS(=O)(=O)c2c(C)cc(C(O)=C3C(=O)CC(C)CC3=O)c(C)c21. The first-order valence-corrected chi connectivity index (χ1v) is 11.4. The Morgan fingerprint density at radius 2 is 1.86 bits per heavy atom. The fourth-order valence-electron chi connectivity index (χ4n) is 4.09. The second-order valence-corrected chi connectivity index (χ2v) is 9.84. The van der Waals surface area contributed by atoms with E-state index in [0.29, 0.717) is 34.5 Å². The van der Waals surface area contributed by atoms with Gasteiger partial charge in [0.15, 0.2) is 21.4 Å². The van der Waals surface area contributed by atoms with Crippen molar-refractivity contribution in [1.82, 2.24) is 5.43 Å². The molecule has 2 N–H and O–H groups in total. The topological polar surface area (TPSA) is 113 Å². The Hall–Kier alpha value is -2.48. The number of hydrogen-bond acceptors (Lipinski definition) is 7. The largest absolute Gasteiger partial charge is 0.506 e. The van der Waals surface area contributed by atoms with Gasteiger partial charge in [0.1, 0.15) is 11.3 Å². The third-order valence-corrected chi connectivity index (χ3v) is 7.31. The molecular formula is C21H26N2O5S. The van der Waals surface area contributed by atoms with Crippen molar-refractivity contribution in [2.75, 3.05) is 12.3 Å². The molecule has 1 fully saturated rings. The molecule has 29 heavy (non-hydrogen) atoms. The molecule has 1 heterocycles. The molecule has 1 aromatic carbocycles. The lowest BCUT2D eigenvalue weighted by Gasteiger charge is -2.25. The highest BCUT2D eigenvalue weighted by Crippen LogP contribution is 2.37. The second kappa shape index (κ2) is 7.74. The van der Waals surface area contributed by atoms with E-state index in [9.17, 15) is 23.1 Å². The molecule has 0 aromatic heterocycles. The van der Waals surface area contributed by atoms with Crippen LogP contribution in [0, 0.1) is 19.8 Å². The number of allylic oxidation sites excluding steroid dienone is 1. The van der Waals surface area contributed by atoms with Crippen LogP contribution in [0.15, 0.2) is 21.6 Å². The van der Waals surface area contributed by atoms with Gasteiger partial charge in [-0.05, 0) is 43.9 Å². The van der Waals surface area contributed by atoms with Crippen LogP contribution >= 0.6 is 0 Å². The van der Waals surface area contributed by atoms with E-state index in [0.717, 1.165) is 0 Å². The van der Waals surface area contributed by atoms with Crippen LogP contribution < -0.4 is 5.43 Å². The highest BCUT2D eigenvalue weighted by molar-refractivity contribution is 7.91. The van der Waals surface area contributed by atoms with Crippen molar-refractivity contribution in [1.29, 1.82) is 0 Å². The summed E-state index contributed by atoms with van der Waals surface area (Å²) < 4.78 is 25.5. The lowest BCUT2D eigenvalue weighted by Crippen LogP contribution is -2.28. The lowest BCUT2D eigenvalue weighted by molar-refractivity contribution is -0.125. The fraction of sp³-hybridized carbons (Fsp3) is 0.476. The van der Waals surface area contributed by atoms with Crippen molar-refractivity contribution in [3.8, 4) is 0 Å². The molecule has 1 aliphatic heterocycles. The molecule has 0 bridgehead atoms. The van der Waals surface area contributed by atoms with E-state index in [1.807, 2.05) is 13.8 Å². The Morgan fingerprint density at radius 3 is 2.45 bits per heavy atom. The summed E-state index contributed by atoms with van der Waals surface area (Å²) in [6, 6.07) is 1.54. The predicted molar refractivity (Wildman–Crippen MR) is 111 cm³/mol. The standard InChI is InChI=1S/C21H26N2O5S/c1-5-22-23-15-6-7-29(27,28)21-12(3)10-14(13(4)18(15)21)20(26)19-16(24)8-11(2)9-17(19)25/h10-11,22,26H,5-9H2,1-4H3. The predicted octanol–water partition coefficient (Wildman–Crippen LogP) is 2.63. The molecule has 3 rings (SSSR count). The summed E-state index contributed by atoms with van der Waals surface area (Å²) in [7, 11) is -3.49. The quantitative estimate of drug-likeness (QED) is 0.338. The maximum Gasteiger partial charge on any atom is 0.179 e. The van der Waals surface area contributed by atoms with Crippen LogP contribution in [0.5, 0.6) is 0 Å². The van der Waals surface area contributed by atoms with Crippen molar-refractivity contribution >= 4 is 32.9 Å². The molecule has 1 aliphatic carbocycles. The van der Waals surface area contributed by atoms with Crippen LogP contribution in [-0.4, -0.2) is 43.1 Å². The Bertz CT molecular complexity index is 1050. The summed E-state index contributed by atoms with van der Waals surface area (Å²) in [6.45, 7) is 7.63. The van der Waals surface area contributed by atoms with Crippen LogP contribution in [0.3, 0.4) is 0 Å². The van der Waals surface area contributed by atoms with Gasteiger partial charge in [-0.15, -0.1) is 0 Å². The molecule has 0 unspecified atom stereocenters. The third-order valence-electron chi connectivity index (χ3n) is 5.42. The van der Waals surface area contributed by atoms with E-state index in [2.05, 4.69) is 10.5 Å². The second-order valence-electron chi connectivity index (χ2n) is 7.79. The van der Waals surface area contributed by atoms with Crippen molar-refractivity contribution in [2.45, 2.75) is 51.9 Å². The average Bonchev–Trinajstić information content (AvgIpc) is 2.62. The van der Waals surface area contributed by atoms with E-state index < -0.39 is 9.84 Å². The minimum absolute atomic E-state index is 0.0359. The number of carbonyl (C=O) groups is 2. The zero-order chi connectivity index (χ0) is 21.5. The Morgan fingerprint density at radius 1 is 1.24 bits per heavy atom. The summed E-state index contributed by atoms with van der Waals surface area (Å²) in [5.41, 5.74) is 4.98. The fourth-order valence-corrected chi connectivity index (χ4v) is 5.89. The van der Waals surface area contributed by atoms with Crippen molar-refractivity contribution in [2.24, 2.45) is 11.0 Å². The molecule has 8 heteroatoms. The van der Waals surface area contributed by atoms with Crippen LogP contribution in [0.2, 0.25) is 0 Å². The molecule has 0 amide bonds. The van der Waals surface area contributed by atoms with Gasteiger partial charge < -0.3 is 10.5 Å². The molecular weight excluding hydrogens is 392 g/mol. The zero-order valence-electron chi connectivity index (χ0n) is 17.1. The number of fused-ring (bicyclic) bond motifs is 1. The van der Waals surface area contributed by atoms with E-state index in [4.69, 9.17) is 0 Å². The third kappa shape index (κ3) is 3.73. The van der Waals surface area contributed by atoms with E-state index in [1.54, 1.807) is 19.9 Å². The number of aliphatic hydroxyl groups is 1. The lowest BCUT2D eigenvalue weighted by atomic mass is 9.82. The maximum atomic E-state index is 12.7. The molecule has 0 saturated heterocycles. The zero-order valence-corrected chi connectivity index (χ0v) is 17.9. The first-order chi connectivity index (χ1) is 13.6. The van der Waals surface area contributed by atoms with Crippen LogP contribution in [0.1, 0.15) is 55.4 Å². The van der Waals surface area contributed by atoms with Gasteiger partial charge in [0, 0.05) is 36.9 Å². The average molecular weight is 419 g/mol. The minimum atomic E-state index is -3.49. The smallest absolute Gasteiger partial charge is 0.179 e. The number of rotatable bonds is 3. The number of aryl methyl sites for hydroxylation is 1.